The Morgan fingerprint density at radius 2 is 2.21 bits per heavy atom. The van der Waals surface area contributed by atoms with Crippen molar-refractivity contribution in [1.82, 2.24) is 10.2 Å². The highest BCUT2D eigenvalue weighted by atomic mass is 79.9. The summed E-state index contributed by atoms with van der Waals surface area (Å²) in [5.41, 5.74) is 1.29. The molecule has 0 spiro atoms. The molecule has 2 fully saturated rings. The standard InChI is InChI=1S/C15H20BrClN2/c16-15-8-12(17)4-3-11(15)10-18-13-5-7-19-6-1-2-14(19)9-13/h3-4,8,13-14,18H,1-2,5-7,9-10H2. The Morgan fingerprint density at radius 3 is 3.05 bits per heavy atom. The zero-order valence-corrected chi connectivity index (χ0v) is 13.4. The SMILES string of the molecule is Clc1ccc(CNC2CCN3CCCC3C2)c(Br)c1. The van der Waals surface area contributed by atoms with Crippen molar-refractivity contribution in [2.45, 2.75) is 44.3 Å². The van der Waals surface area contributed by atoms with E-state index in [9.17, 15) is 0 Å². The molecule has 2 aliphatic heterocycles. The Hall–Kier alpha value is -0.0900. The number of rotatable bonds is 3. The second-order valence-electron chi connectivity index (χ2n) is 5.67. The summed E-state index contributed by atoms with van der Waals surface area (Å²) < 4.78 is 1.10. The lowest BCUT2D eigenvalue weighted by Crippen LogP contribution is -2.45. The number of halogens is 2. The molecule has 2 unspecified atom stereocenters. The Bertz CT molecular complexity index is 452. The van der Waals surface area contributed by atoms with Crippen LogP contribution in [0.4, 0.5) is 0 Å². The Labute approximate surface area is 128 Å². The zero-order chi connectivity index (χ0) is 13.2. The number of hydrogen-bond donors (Lipinski definition) is 1. The third kappa shape index (κ3) is 3.33. The van der Waals surface area contributed by atoms with Gasteiger partial charge in [-0.2, -0.15) is 0 Å². The van der Waals surface area contributed by atoms with E-state index in [4.69, 9.17) is 11.6 Å². The monoisotopic (exact) mass is 342 g/mol. The molecule has 2 aliphatic rings. The van der Waals surface area contributed by atoms with Crippen LogP contribution in [-0.2, 0) is 6.54 Å². The van der Waals surface area contributed by atoms with Crippen molar-refractivity contribution in [3.05, 3.63) is 33.3 Å². The van der Waals surface area contributed by atoms with Gasteiger partial charge in [-0.1, -0.05) is 33.6 Å². The Kier molecular flexibility index (Phi) is 4.47. The van der Waals surface area contributed by atoms with E-state index < -0.39 is 0 Å². The first-order valence-corrected chi connectivity index (χ1v) is 8.31. The minimum Gasteiger partial charge on any atom is -0.310 e. The molecule has 1 aromatic carbocycles. The molecule has 4 heteroatoms. The van der Waals surface area contributed by atoms with Crippen LogP contribution >= 0.6 is 27.5 Å². The largest absolute Gasteiger partial charge is 0.310 e. The van der Waals surface area contributed by atoms with Crippen LogP contribution in [0.15, 0.2) is 22.7 Å². The fourth-order valence-electron chi connectivity index (χ4n) is 3.33. The lowest BCUT2D eigenvalue weighted by atomic mass is 9.97. The van der Waals surface area contributed by atoms with Crippen molar-refractivity contribution in [2.75, 3.05) is 13.1 Å². The number of nitrogens with zero attached hydrogens (tertiary/aromatic N) is 1. The highest BCUT2D eigenvalue weighted by Crippen LogP contribution is 2.27. The fraction of sp³-hybridized carbons (Fsp3) is 0.600. The third-order valence-electron chi connectivity index (χ3n) is 4.42. The molecule has 0 radical (unpaired) electrons. The molecule has 0 aromatic heterocycles. The Balaban J connectivity index is 1.54. The molecule has 2 saturated heterocycles. The van der Waals surface area contributed by atoms with Crippen LogP contribution in [0.25, 0.3) is 0 Å². The molecular weight excluding hydrogens is 324 g/mol. The molecule has 1 aromatic rings. The van der Waals surface area contributed by atoms with Crippen molar-refractivity contribution in [2.24, 2.45) is 0 Å². The van der Waals surface area contributed by atoms with Crippen LogP contribution in [0, 0.1) is 0 Å². The number of fused-ring (bicyclic) bond motifs is 1. The van der Waals surface area contributed by atoms with Crippen molar-refractivity contribution >= 4 is 27.5 Å². The van der Waals surface area contributed by atoms with Gasteiger partial charge < -0.3 is 10.2 Å². The van der Waals surface area contributed by atoms with Gasteiger partial charge in [-0.05, 0) is 56.5 Å². The van der Waals surface area contributed by atoms with E-state index in [-0.39, 0.29) is 0 Å². The topological polar surface area (TPSA) is 15.3 Å². The van der Waals surface area contributed by atoms with Gasteiger partial charge in [0, 0.05) is 28.1 Å². The van der Waals surface area contributed by atoms with Crippen LogP contribution in [0.2, 0.25) is 5.02 Å². The summed E-state index contributed by atoms with van der Waals surface area (Å²) in [5.74, 6) is 0. The van der Waals surface area contributed by atoms with Crippen LogP contribution in [0.5, 0.6) is 0 Å². The first kappa shape index (κ1) is 13.9. The highest BCUT2D eigenvalue weighted by molar-refractivity contribution is 9.10. The second-order valence-corrected chi connectivity index (χ2v) is 6.96. The lowest BCUT2D eigenvalue weighted by Gasteiger charge is -2.35. The van der Waals surface area contributed by atoms with Crippen LogP contribution in [0.3, 0.4) is 0 Å². The Morgan fingerprint density at radius 1 is 1.32 bits per heavy atom. The minimum atomic E-state index is 0.668. The van der Waals surface area contributed by atoms with Gasteiger partial charge in [0.05, 0.1) is 0 Å². The number of benzene rings is 1. The van der Waals surface area contributed by atoms with E-state index in [1.54, 1.807) is 0 Å². The number of piperidine rings is 1. The molecular formula is C15H20BrClN2. The molecule has 2 atom stereocenters. The van der Waals surface area contributed by atoms with Crippen molar-refractivity contribution in [3.63, 3.8) is 0 Å². The van der Waals surface area contributed by atoms with Crippen molar-refractivity contribution in [1.29, 1.82) is 0 Å². The smallest absolute Gasteiger partial charge is 0.0417 e. The van der Waals surface area contributed by atoms with E-state index in [0.29, 0.717) is 6.04 Å². The number of nitrogens with one attached hydrogen (secondary N) is 1. The normalized spacial score (nSPS) is 27.5. The molecule has 2 nitrogen and oxygen atoms in total. The summed E-state index contributed by atoms with van der Waals surface area (Å²) in [7, 11) is 0. The lowest BCUT2D eigenvalue weighted by molar-refractivity contribution is 0.166. The maximum Gasteiger partial charge on any atom is 0.0417 e. The van der Waals surface area contributed by atoms with Gasteiger partial charge in [0.25, 0.3) is 0 Å². The van der Waals surface area contributed by atoms with Crippen molar-refractivity contribution < 1.29 is 0 Å². The summed E-state index contributed by atoms with van der Waals surface area (Å²) in [6, 6.07) is 7.53. The van der Waals surface area contributed by atoms with Gasteiger partial charge >= 0.3 is 0 Å². The highest BCUT2D eigenvalue weighted by Gasteiger charge is 2.31. The molecule has 19 heavy (non-hydrogen) atoms. The van der Waals surface area contributed by atoms with E-state index in [0.717, 1.165) is 22.1 Å². The van der Waals surface area contributed by atoms with Gasteiger partial charge in [-0.25, -0.2) is 0 Å². The van der Waals surface area contributed by atoms with Gasteiger partial charge in [-0.15, -0.1) is 0 Å². The first-order valence-electron chi connectivity index (χ1n) is 7.14. The molecule has 1 N–H and O–H groups in total. The molecule has 3 rings (SSSR count). The van der Waals surface area contributed by atoms with E-state index in [2.05, 4.69) is 32.2 Å². The van der Waals surface area contributed by atoms with Gasteiger partial charge in [0.1, 0.15) is 0 Å². The summed E-state index contributed by atoms with van der Waals surface area (Å²) in [6.45, 7) is 3.51. The maximum atomic E-state index is 5.97. The third-order valence-corrected chi connectivity index (χ3v) is 5.39. The summed E-state index contributed by atoms with van der Waals surface area (Å²) in [5, 5.41) is 4.50. The fourth-order valence-corrected chi connectivity index (χ4v) is 4.15. The average Bonchev–Trinajstić information content (AvgIpc) is 2.85. The molecule has 2 heterocycles. The van der Waals surface area contributed by atoms with Crippen LogP contribution in [0.1, 0.15) is 31.2 Å². The molecule has 0 bridgehead atoms. The van der Waals surface area contributed by atoms with E-state index >= 15 is 0 Å². The quantitative estimate of drug-likeness (QED) is 0.897. The van der Waals surface area contributed by atoms with Gasteiger partial charge in [-0.3, -0.25) is 0 Å². The molecule has 0 amide bonds. The first-order chi connectivity index (χ1) is 9.22. The molecule has 0 saturated carbocycles. The van der Waals surface area contributed by atoms with Crippen LogP contribution < -0.4 is 5.32 Å². The van der Waals surface area contributed by atoms with Crippen LogP contribution in [-0.4, -0.2) is 30.1 Å². The van der Waals surface area contributed by atoms with E-state index in [1.807, 2.05) is 12.1 Å². The molecule has 104 valence electrons. The predicted octanol–water partition coefficient (Wildman–Crippen LogP) is 3.82. The summed E-state index contributed by atoms with van der Waals surface area (Å²) >= 11 is 9.56. The predicted molar refractivity (Wildman–Crippen MR) is 83.6 cm³/mol. The van der Waals surface area contributed by atoms with Crippen molar-refractivity contribution in [3.8, 4) is 0 Å². The summed E-state index contributed by atoms with van der Waals surface area (Å²) in [4.78, 5) is 2.66. The second kappa shape index (κ2) is 6.13. The zero-order valence-electron chi connectivity index (χ0n) is 11.0. The van der Waals surface area contributed by atoms with Gasteiger partial charge in [0.15, 0.2) is 0 Å². The maximum absolute atomic E-state index is 5.97. The summed E-state index contributed by atoms with van der Waals surface area (Å²) in [6.07, 6.45) is 5.37. The average molecular weight is 344 g/mol. The number of hydrogen-bond acceptors (Lipinski definition) is 2. The molecule has 0 aliphatic carbocycles. The van der Waals surface area contributed by atoms with E-state index in [1.165, 1.54) is 44.3 Å². The minimum absolute atomic E-state index is 0.668. The van der Waals surface area contributed by atoms with Gasteiger partial charge in [0.2, 0.25) is 0 Å².